The molecule has 31 nitrogen and oxygen atoms in total. The third-order valence-electron chi connectivity index (χ3n) is 22.5. The van der Waals surface area contributed by atoms with Crippen LogP contribution >= 0.6 is 0 Å². The van der Waals surface area contributed by atoms with Crippen LogP contribution in [0, 0.1) is 33.5 Å². The molecule has 34 unspecified atom stereocenters. The fraction of sp³-hybridized carbons (Fsp3) is 0.900. The molecule has 518 valence electrons. The van der Waals surface area contributed by atoms with Crippen molar-refractivity contribution in [2.75, 3.05) is 33.0 Å². The molecule has 0 radical (unpaired) electrons. The van der Waals surface area contributed by atoms with Gasteiger partial charge in [0.1, 0.15) is 116 Å². The normalized spacial score (nSPS) is 52.6. The average molecular weight is 1310 g/mol. The van der Waals surface area contributed by atoms with Crippen LogP contribution in [0.5, 0.6) is 0 Å². The number of aliphatic hydroxyl groups is 15. The van der Waals surface area contributed by atoms with Crippen molar-refractivity contribution in [1.29, 1.82) is 0 Å². The molecule has 1 spiro atoms. The molecule has 6 aliphatic heterocycles. The average Bonchev–Trinajstić information content (AvgIpc) is 1.57. The number of allylic oxidation sites excluding steroid dienone is 2. The minimum absolute atomic E-state index is 0.0675. The van der Waals surface area contributed by atoms with Crippen LogP contribution in [-0.2, 0) is 76.0 Å². The summed E-state index contributed by atoms with van der Waals surface area (Å²) in [7, 11) is 0. The van der Waals surface area contributed by atoms with Gasteiger partial charge in [0.25, 0.3) is 0 Å². The molecule has 15 N–H and O–H groups in total. The number of ether oxygens (including phenoxy) is 12. The molecule has 34 atom stereocenters. The van der Waals surface area contributed by atoms with E-state index in [-0.39, 0.29) is 49.5 Å². The minimum atomic E-state index is -2.09. The molecule has 6 saturated heterocycles. The summed E-state index contributed by atoms with van der Waals surface area (Å²) in [4.78, 5) is 56.2. The highest BCUT2D eigenvalue weighted by Crippen LogP contribution is 2.74. The second-order valence-corrected chi connectivity index (χ2v) is 27.6. The van der Waals surface area contributed by atoms with E-state index in [1.165, 1.54) is 13.8 Å². The van der Waals surface area contributed by atoms with Crippen molar-refractivity contribution in [2.24, 2.45) is 33.5 Å². The molecular weight excluding hydrogens is 1220 g/mol. The summed E-state index contributed by atoms with van der Waals surface area (Å²) in [6.45, 7) is 9.66. The van der Waals surface area contributed by atoms with Crippen molar-refractivity contribution in [3.8, 4) is 0 Å². The molecule has 0 aromatic rings. The zero-order valence-electron chi connectivity index (χ0n) is 52.0. The molecule has 91 heavy (non-hydrogen) atoms. The Morgan fingerprint density at radius 3 is 1.76 bits per heavy atom. The van der Waals surface area contributed by atoms with Gasteiger partial charge < -0.3 is 133 Å². The number of aliphatic hydroxyl groups excluding tert-OH is 15. The number of carbonyl (C=O) groups is 4. The van der Waals surface area contributed by atoms with Gasteiger partial charge in [-0.2, -0.15) is 0 Å². The van der Waals surface area contributed by atoms with E-state index in [0.717, 1.165) is 0 Å². The minimum Gasteiger partial charge on any atom is -0.459 e. The maximum Gasteiger partial charge on any atom is 0.303 e. The Balaban J connectivity index is 0.877. The number of esters is 1. The number of ketones is 3. The van der Waals surface area contributed by atoms with E-state index >= 15 is 9.59 Å². The molecular formula is C60H92O31. The second-order valence-electron chi connectivity index (χ2n) is 27.6. The summed E-state index contributed by atoms with van der Waals surface area (Å²) in [6.07, 6.45) is -46.8. The largest absolute Gasteiger partial charge is 0.459 e. The fourth-order valence-electron chi connectivity index (χ4n) is 16.9. The summed E-state index contributed by atoms with van der Waals surface area (Å²) in [5.41, 5.74) is -4.81. The third kappa shape index (κ3) is 11.6. The van der Waals surface area contributed by atoms with Gasteiger partial charge in [0.15, 0.2) is 54.9 Å². The molecule has 2 saturated carbocycles. The molecule has 0 bridgehead atoms. The van der Waals surface area contributed by atoms with E-state index < -0.39 is 244 Å². The van der Waals surface area contributed by atoms with E-state index in [9.17, 15) is 86.2 Å². The SMILES string of the molecule is CCC(=O)C1OC2(CCC3(C)C4=C(C(=O)CC32C)C2(C)CCC(OC3OC(COC5OCC(O)C(O)C5OC5OC(CO)C(O)C(OC6OC(CO)C(O)C(O)C6O)C5OC5OC(C)C(O)C(O)C5O)C(O)C(O)C3O)C(C)(CO)C2CC4=O)C(C)C1OC(C)=O. The Labute approximate surface area is 523 Å². The van der Waals surface area contributed by atoms with Gasteiger partial charge in [-0.1, -0.05) is 41.5 Å². The van der Waals surface area contributed by atoms with Crippen molar-refractivity contribution < 1.29 is 153 Å². The third-order valence-corrected chi connectivity index (χ3v) is 22.5. The quantitative estimate of drug-likeness (QED) is 0.0604. The Morgan fingerprint density at radius 2 is 1.14 bits per heavy atom. The van der Waals surface area contributed by atoms with Gasteiger partial charge >= 0.3 is 5.97 Å². The number of Topliss-reactive ketones (excluding diaryl/α,β-unsaturated/α-hetero) is 3. The molecule has 10 aliphatic rings. The Morgan fingerprint density at radius 1 is 0.582 bits per heavy atom. The molecule has 31 heteroatoms. The van der Waals surface area contributed by atoms with Crippen LogP contribution < -0.4 is 0 Å². The van der Waals surface area contributed by atoms with Crippen molar-refractivity contribution in [1.82, 2.24) is 0 Å². The number of rotatable bonds is 17. The molecule has 10 rings (SSSR count). The van der Waals surface area contributed by atoms with Crippen LogP contribution in [0.15, 0.2) is 11.1 Å². The lowest BCUT2D eigenvalue weighted by molar-refractivity contribution is -0.406. The highest BCUT2D eigenvalue weighted by molar-refractivity contribution is 6.11. The lowest BCUT2D eigenvalue weighted by Gasteiger charge is -2.62. The summed E-state index contributed by atoms with van der Waals surface area (Å²) >= 11 is 0. The summed E-state index contributed by atoms with van der Waals surface area (Å²) in [5.74, 6) is -2.76. The van der Waals surface area contributed by atoms with Crippen LogP contribution in [0.2, 0.25) is 0 Å². The van der Waals surface area contributed by atoms with Gasteiger partial charge in [-0.15, -0.1) is 0 Å². The standard InChI is InChI=1S/C60H92O31/c1-9-24(65)47-46(83-23(4)64)21(2)60(91-47)13-12-58(7)34-25(66)14-31-56(5,33(34)26(67)15-59(58,60)8)11-10-32(57(31,6)20-63)87-52-44(78)42(76)38(72)30(86-52)19-81-54-49(36(70)27(68)18-80-54)89-55-50(90-51-43(77)40(74)35(69)22(3)82-51)48(39(73)29(17-62)85-55)88-53-45(79)41(75)37(71)28(16-61)84-53/h21-22,27-32,35-55,61-63,68-79H,9-20H2,1-8H3. The lowest BCUT2D eigenvalue weighted by Crippen LogP contribution is -2.68. The van der Waals surface area contributed by atoms with Gasteiger partial charge in [0.2, 0.25) is 0 Å². The zero-order chi connectivity index (χ0) is 66.7. The monoisotopic (exact) mass is 1310 g/mol. The van der Waals surface area contributed by atoms with Crippen LogP contribution in [0.4, 0.5) is 0 Å². The van der Waals surface area contributed by atoms with Gasteiger partial charge in [-0.25, -0.2) is 0 Å². The molecule has 0 amide bonds. The van der Waals surface area contributed by atoms with Crippen molar-refractivity contribution in [3.63, 3.8) is 0 Å². The maximum absolute atomic E-state index is 15.2. The second kappa shape index (κ2) is 26.5. The first-order valence-electron chi connectivity index (χ1n) is 31.4. The molecule has 0 aromatic carbocycles. The van der Waals surface area contributed by atoms with E-state index in [1.807, 2.05) is 27.7 Å². The number of carbonyl (C=O) groups excluding carboxylic acids is 4. The molecule has 8 fully saturated rings. The van der Waals surface area contributed by atoms with Crippen molar-refractivity contribution in [2.45, 2.75) is 272 Å². The van der Waals surface area contributed by atoms with Crippen molar-refractivity contribution in [3.05, 3.63) is 11.1 Å². The predicted octanol–water partition coefficient (Wildman–Crippen LogP) is -5.72. The topological polar surface area (TPSA) is 482 Å². The maximum atomic E-state index is 15.2. The predicted molar refractivity (Wildman–Crippen MR) is 297 cm³/mol. The molecule has 4 aliphatic carbocycles. The van der Waals surface area contributed by atoms with Crippen LogP contribution in [0.25, 0.3) is 0 Å². The highest BCUT2D eigenvalue weighted by atomic mass is 16.8. The summed E-state index contributed by atoms with van der Waals surface area (Å²) in [5, 5.41) is 165. The Hall–Kier alpha value is -2.82. The van der Waals surface area contributed by atoms with Crippen molar-refractivity contribution >= 4 is 23.3 Å². The smallest absolute Gasteiger partial charge is 0.303 e. The first-order chi connectivity index (χ1) is 42.7. The number of hydrogen-bond donors (Lipinski definition) is 15. The summed E-state index contributed by atoms with van der Waals surface area (Å²) in [6, 6.07) is 0. The van der Waals surface area contributed by atoms with Gasteiger partial charge in [-0.05, 0) is 38.5 Å². The first kappa shape index (κ1) is 71.0. The van der Waals surface area contributed by atoms with Crippen LogP contribution in [0.1, 0.15) is 100 Å². The van der Waals surface area contributed by atoms with Gasteiger partial charge in [-0.3, -0.25) is 19.2 Å². The fourth-order valence-corrected chi connectivity index (χ4v) is 16.9. The van der Waals surface area contributed by atoms with E-state index in [4.69, 9.17) is 56.8 Å². The van der Waals surface area contributed by atoms with Crippen LogP contribution in [0.3, 0.4) is 0 Å². The molecule has 6 heterocycles. The van der Waals surface area contributed by atoms with Crippen LogP contribution in [-0.4, -0.2) is 304 Å². The highest BCUT2D eigenvalue weighted by Gasteiger charge is 2.77. The molecule has 0 aromatic heterocycles. The van der Waals surface area contributed by atoms with Gasteiger partial charge in [0.05, 0.1) is 50.8 Å². The Bertz CT molecular complexity index is 2680. The first-order valence-corrected chi connectivity index (χ1v) is 31.4. The van der Waals surface area contributed by atoms with Gasteiger partial charge in [0, 0.05) is 64.9 Å². The number of hydrogen-bond acceptors (Lipinski definition) is 31. The van der Waals surface area contributed by atoms with E-state index in [1.54, 1.807) is 13.8 Å². The Kier molecular flexibility index (Phi) is 20.7. The zero-order valence-corrected chi connectivity index (χ0v) is 52.0. The van der Waals surface area contributed by atoms with E-state index in [0.29, 0.717) is 24.0 Å². The number of fused-ring (bicyclic) bond motifs is 5. The van der Waals surface area contributed by atoms with E-state index in [2.05, 4.69) is 0 Å². The summed E-state index contributed by atoms with van der Waals surface area (Å²) < 4.78 is 72.5. The lowest BCUT2D eigenvalue weighted by atomic mass is 9.42.